The van der Waals surface area contributed by atoms with Crippen molar-refractivity contribution in [3.63, 3.8) is 0 Å². The lowest BCUT2D eigenvalue weighted by molar-refractivity contribution is -0.140. The largest absolute Gasteiger partial charge is 0.478 e. The molecule has 146 valence electrons. The summed E-state index contributed by atoms with van der Waals surface area (Å²) in [6, 6.07) is 13.2. The molecule has 3 rings (SSSR count). The number of aromatic carboxylic acids is 1. The van der Waals surface area contributed by atoms with Crippen LogP contribution in [-0.4, -0.2) is 33.8 Å². The minimum atomic E-state index is -1.02. The van der Waals surface area contributed by atoms with Crippen LogP contribution in [0.4, 0.5) is 5.69 Å². The van der Waals surface area contributed by atoms with Crippen molar-refractivity contribution in [1.29, 1.82) is 0 Å². The number of rotatable bonds is 5. The average Bonchev–Trinajstić information content (AvgIpc) is 2.66. The van der Waals surface area contributed by atoms with E-state index in [2.05, 4.69) is 5.32 Å². The first-order chi connectivity index (χ1) is 13.3. The third-order valence-corrected chi connectivity index (χ3v) is 4.85. The summed E-state index contributed by atoms with van der Waals surface area (Å²) in [6.45, 7) is 4.38. The molecule has 6 nitrogen and oxygen atoms in total. The summed E-state index contributed by atoms with van der Waals surface area (Å²) in [7, 11) is 0. The van der Waals surface area contributed by atoms with Crippen LogP contribution in [0.5, 0.6) is 0 Å². The maximum atomic E-state index is 13.0. The second-order valence-electron chi connectivity index (χ2n) is 7.48. The third kappa shape index (κ3) is 4.39. The van der Waals surface area contributed by atoms with Gasteiger partial charge in [0, 0.05) is 25.1 Å². The number of hydrogen-bond acceptors (Lipinski definition) is 3. The normalized spacial score (nSPS) is 15.8. The number of hydrogen-bond donors (Lipinski definition) is 2. The van der Waals surface area contributed by atoms with E-state index in [4.69, 9.17) is 5.11 Å². The van der Waals surface area contributed by atoms with E-state index >= 15 is 0 Å². The van der Waals surface area contributed by atoms with Crippen molar-refractivity contribution >= 4 is 23.5 Å². The molecule has 1 aliphatic rings. The Labute approximate surface area is 164 Å². The van der Waals surface area contributed by atoms with Gasteiger partial charge < -0.3 is 15.3 Å². The first kappa shape index (κ1) is 19.6. The van der Waals surface area contributed by atoms with Gasteiger partial charge in [-0.05, 0) is 41.3 Å². The number of carbonyl (C=O) groups is 3. The molecule has 2 aromatic carbocycles. The van der Waals surface area contributed by atoms with Crippen molar-refractivity contribution in [2.75, 3.05) is 5.32 Å². The molecular formula is C22H24N2O4. The Hall–Kier alpha value is -3.15. The van der Waals surface area contributed by atoms with E-state index in [1.165, 1.54) is 12.1 Å². The van der Waals surface area contributed by atoms with Gasteiger partial charge in [-0.3, -0.25) is 9.59 Å². The molecule has 0 fully saturated rings. The van der Waals surface area contributed by atoms with E-state index in [1.54, 1.807) is 17.0 Å². The van der Waals surface area contributed by atoms with Gasteiger partial charge >= 0.3 is 5.97 Å². The van der Waals surface area contributed by atoms with E-state index in [0.29, 0.717) is 25.1 Å². The average molecular weight is 380 g/mol. The van der Waals surface area contributed by atoms with Gasteiger partial charge in [-0.25, -0.2) is 4.79 Å². The molecule has 2 amide bonds. The van der Waals surface area contributed by atoms with E-state index in [9.17, 15) is 14.4 Å². The van der Waals surface area contributed by atoms with Gasteiger partial charge in [0.05, 0.1) is 5.56 Å². The predicted molar refractivity (Wildman–Crippen MR) is 106 cm³/mol. The zero-order chi connectivity index (χ0) is 20.3. The number of nitrogens with zero attached hydrogens (tertiary/aromatic N) is 1. The summed E-state index contributed by atoms with van der Waals surface area (Å²) >= 11 is 0. The van der Waals surface area contributed by atoms with Crippen molar-refractivity contribution in [3.8, 4) is 0 Å². The summed E-state index contributed by atoms with van der Waals surface area (Å²) in [5.74, 6) is -1.12. The van der Waals surface area contributed by atoms with E-state index < -0.39 is 12.0 Å². The quantitative estimate of drug-likeness (QED) is 0.833. The molecule has 1 heterocycles. The first-order valence-electron chi connectivity index (χ1n) is 9.35. The van der Waals surface area contributed by atoms with Gasteiger partial charge in [0.25, 0.3) is 0 Å². The minimum Gasteiger partial charge on any atom is -0.478 e. The van der Waals surface area contributed by atoms with Crippen LogP contribution in [0, 0.1) is 5.92 Å². The van der Waals surface area contributed by atoms with Crippen LogP contribution in [0.25, 0.3) is 0 Å². The van der Waals surface area contributed by atoms with E-state index in [0.717, 1.165) is 11.1 Å². The zero-order valence-electron chi connectivity index (χ0n) is 16.0. The summed E-state index contributed by atoms with van der Waals surface area (Å²) in [5.41, 5.74) is 2.79. The molecule has 0 aliphatic carbocycles. The fourth-order valence-corrected chi connectivity index (χ4v) is 3.41. The molecule has 0 saturated heterocycles. The Morgan fingerprint density at radius 2 is 1.71 bits per heavy atom. The maximum Gasteiger partial charge on any atom is 0.335 e. The molecule has 6 heteroatoms. The van der Waals surface area contributed by atoms with Gasteiger partial charge in [-0.1, -0.05) is 38.1 Å². The number of fused-ring (bicyclic) bond motifs is 1. The number of nitrogens with one attached hydrogen (secondary N) is 1. The SMILES string of the molecule is CC(C)CC(=O)N1Cc2ccccc2CC1C(=O)Nc1ccc(C(=O)O)cc1. The van der Waals surface area contributed by atoms with Crippen LogP contribution in [0.1, 0.15) is 41.8 Å². The van der Waals surface area contributed by atoms with Gasteiger partial charge in [-0.15, -0.1) is 0 Å². The Morgan fingerprint density at radius 1 is 1.07 bits per heavy atom. The monoisotopic (exact) mass is 380 g/mol. The smallest absolute Gasteiger partial charge is 0.335 e. The molecule has 1 atom stereocenters. The minimum absolute atomic E-state index is 0.0362. The fraction of sp³-hybridized carbons (Fsp3) is 0.318. The third-order valence-electron chi connectivity index (χ3n) is 4.85. The molecule has 0 saturated carbocycles. The van der Waals surface area contributed by atoms with Crippen LogP contribution in [0.2, 0.25) is 0 Å². The van der Waals surface area contributed by atoms with Crippen LogP contribution in [0.15, 0.2) is 48.5 Å². The fourth-order valence-electron chi connectivity index (χ4n) is 3.41. The summed E-state index contributed by atoms with van der Waals surface area (Å²) in [4.78, 5) is 38.4. The highest BCUT2D eigenvalue weighted by molar-refractivity contribution is 5.98. The van der Waals surface area contributed by atoms with Crippen molar-refractivity contribution in [1.82, 2.24) is 4.90 Å². The van der Waals surface area contributed by atoms with Crippen LogP contribution < -0.4 is 5.32 Å². The topological polar surface area (TPSA) is 86.7 Å². The first-order valence-corrected chi connectivity index (χ1v) is 9.35. The van der Waals surface area contributed by atoms with Crippen molar-refractivity contribution in [3.05, 3.63) is 65.2 Å². The number of amides is 2. The molecule has 0 radical (unpaired) electrons. The lowest BCUT2D eigenvalue weighted by Gasteiger charge is -2.36. The van der Waals surface area contributed by atoms with E-state index in [-0.39, 0.29) is 23.3 Å². The standard InChI is InChI=1S/C22H24N2O4/c1-14(2)11-20(25)24-13-17-6-4-3-5-16(17)12-19(24)21(26)23-18-9-7-15(8-10-18)22(27)28/h3-10,14,19H,11-13H2,1-2H3,(H,23,26)(H,27,28). The Kier molecular flexibility index (Phi) is 5.78. The number of anilines is 1. The molecule has 28 heavy (non-hydrogen) atoms. The molecule has 2 aromatic rings. The highest BCUT2D eigenvalue weighted by Gasteiger charge is 2.34. The van der Waals surface area contributed by atoms with Gasteiger partial charge in [-0.2, -0.15) is 0 Å². The number of carboxylic acid groups (broad SMARTS) is 1. The maximum absolute atomic E-state index is 13.0. The lowest BCUT2D eigenvalue weighted by atomic mass is 9.92. The highest BCUT2D eigenvalue weighted by Crippen LogP contribution is 2.26. The molecule has 0 bridgehead atoms. The Bertz CT molecular complexity index is 890. The van der Waals surface area contributed by atoms with Crippen molar-refractivity contribution < 1.29 is 19.5 Å². The second kappa shape index (κ2) is 8.25. The number of benzene rings is 2. The lowest BCUT2D eigenvalue weighted by Crippen LogP contribution is -2.50. The van der Waals surface area contributed by atoms with Crippen molar-refractivity contribution in [2.24, 2.45) is 5.92 Å². The van der Waals surface area contributed by atoms with Gasteiger partial charge in [0.15, 0.2) is 0 Å². The van der Waals surface area contributed by atoms with Gasteiger partial charge in [0.1, 0.15) is 6.04 Å². The summed E-state index contributed by atoms with van der Waals surface area (Å²) in [5, 5.41) is 11.8. The molecule has 1 unspecified atom stereocenters. The summed E-state index contributed by atoms with van der Waals surface area (Å²) < 4.78 is 0. The van der Waals surface area contributed by atoms with Crippen LogP contribution >= 0.6 is 0 Å². The molecule has 0 aromatic heterocycles. The summed E-state index contributed by atoms with van der Waals surface area (Å²) in [6.07, 6.45) is 0.846. The highest BCUT2D eigenvalue weighted by atomic mass is 16.4. The molecule has 1 aliphatic heterocycles. The predicted octanol–water partition coefficient (Wildman–Crippen LogP) is 3.32. The molecule has 2 N–H and O–H groups in total. The van der Waals surface area contributed by atoms with Crippen LogP contribution in [0.3, 0.4) is 0 Å². The zero-order valence-corrected chi connectivity index (χ0v) is 16.0. The Morgan fingerprint density at radius 3 is 2.32 bits per heavy atom. The van der Waals surface area contributed by atoms with Crippen LogP contribution in [-0.2, 0) is 22.6 Å². The van der Waals surface area contributed by atoms with Crippen molar-refractivity contribution in [2.45, 2.75) is 39.3 Å². The second-order valence-corrected chi connectivity index (χ2v) is 7.48. The molecule has 0 spiro atoms. The Balaban J connectivity index is 1.82. The van der Waals surface area contributed by atoms with E-state index in [1.807, 2.05) is 38.1 Å². The number of carbonyl (C=O) groups excluding carboxylic acids is 2. The molecular weight excluding hydrogens is 356 g/mol. The number of carboxylic acids is 1. The van der Waals surface area contributed by atoms with Gasteiger partial charge in [0.2, 0.25) is 11.8 Å².